The van der Waals surface area contributed by atoms with Crippen LogP contribution in [0.1, 0.15) is 39.1 Å². The molecule has 0 radical (unpaired) electrons. The van der Waals surface area contributed by atoms with E-state index >= 15 is 0 Å². The van der Waals surface area contributed by atoms with Gasteiger partial charge in [0.1, 0.15) is 0 Å². The third-order valence-corrected chi connectivity index (χ3v) is 7.49. The average molecular weight is 426 g/mol. The standard InChI is InChI=1S/C22H22N2O5S/c1-15-9-10-16(13-20(15)30(27,28)23-11-5-6-12-23)21(25)24-14-18(22(26)29-2)17-7-3-4-8-19(17)24/h3-4,7-10,13-14H,5-6,11-12H2,1-2H3. The molecule has 0 N–H and O–H groups in total. The zero-order chi connectivity index (χ0) is 21.5. The zero-order valence-corrected chi connectivity index (χ0v) is 17.6. The Bertz CT molecular complexity index is 1250. The number of nitrogens with zero attached hydrogens (tertiary/aromatic N) is 2. The summed E-state index contributed by atoms with van der Waals surface area (Å²) in [6.45, 7) is 2.70. The fraction of sp³-hybridized carbons (Fsp3) is 0.273. The third-order valence-electron chi connectivity index (χ3n) is 5.45. The van der Waals surface area contributed by atoms with E-state index in [1.54, 1.807) is 43.3 Å². The Balaban J connectivity index is 1.81. The lowest BCUT2D eigenvalue weighted by molar-refractivity contribution is 0.0603. The number of benzene rings is 2. The SMILES string of the molecule is COC(=O)c1cn(C(=O)c2ccc(C)c(S(=O)(=O)N3CCCC3)c2)c2ccccc12. The van der Waals surface area contributed by atoms with Crippen LogP contribution in [0.25, 0.3) is 10.9 Å². The van der Waals surface area contributed by atoms with E-state index in [1.807, 2.05) is 0 Å². The van der Waals surface area contributed by atoms with Crippen molar-refractivity contribution >= 4 is 32.8 Å². The average Bonchev–Trinajstić information content (AvgIpc) is 3.42. The van der Waals surface area contributed by atoms with Gasteiger partial charge in [0.15, 0.2) is 0 Å². The van der Waals surface area contributed by atoms with E-state index in [9.17, 15) is 18.0 Å². The molecule has 4 rings (SSSR count). The van der Waals surface area contributed by atoms with Crippen molar-refractivity contribution in [2.75, 3.05) is 20.2 Å². The van der Waals surface area contributed by atoms with Crippen LogP contribution in [0.15, 0.2) is 53.6 Å². The third kappa shape index (κ3) is 3.32. The molecule has 1 fully saturated rings. The van der Waals surface area contributed by atoms with E-state index in [2.05, 4.69) is 0 Å². The molecule has 2 aromatic carbocycles. The van der Waals surface area contributed by atoms with Gasteiger partial charge in [0.05, 0.1) is 23.1 Å². The van der Waals surface area contributed by atoms with E-state index in [1.165, 1.54) is 28.2 Å². The first-order valence-electron chi connectivity index (χ1n) is 9.68. The summed E-state index contributed by atoms with van der Waals surface area (Å²) < 4.78 is 33.8. The molecule has 1 saturated heterocycles. The lowest BCUT2D eigenvalue weighted by atomic mass is 10.1. The number of carbonyl (C=O) groups excluding carboxylic acids is 2. The summed E-state index contributed by atoms with van der Waals surface area (Å²) in [4.78, 5) is 25.6. The van der Waals surface area contributed by atoms with Crippen molar-refractivity contribution in [3.63, 3.8) is 0 Å². The molecule has 1 aromatic heterocycles. The minimum atomic E-state index is -3.66. The van der Waals surface area contributed by atoms with Gasteiger partial charge in [0.2, 0.25) is 10.0 Å². The smallest absolute Gasteiger partial charge is 0.340 e. The minimum absolute atomic E-state index is 0.139. The number of hydrogen-bond donors (Lipinski definition) is 0. The first-order chi connectivity index (χ1) is 14.3. The van der Waals surface area contributed by atoms with Gasteiger partial charge in [-0.3, -0.25) is 9.36 Å². The van der Waals surface area contributed by atoms with Crippen molar-refractivity contribution < 1.29 is 22.7 Å². The summed E-state index contributed by atoms with van der Waals surface area (Å²) in [6.07, 6.45) is 3.11. The largest absolute Gasteiger partial charge is 0.465 e. The van der Waals surface area contributed by atoms with Gasteiger partial charge in [-0.05, 0) is 43.5 Å². The lowest BCUT2D eigenvalue weighted by Gasteiger charge is -2.18. The predicted molar refractivity (Wildman–Crippen MR) is 112 cm³/mol. The summed E-state index contributed by atoms with van der Waals surface area (Å²) in [6, 6.07) is 11.7. The van der Waals surface area contributed by atoms with Crippen LogP contribution in [0, 0.1) is 6.92 Å². The number of ether oxygens (including phenoxy) is 1. The van der Waals surface area contributed by atoms with Crippen LogP contribution in [0.3, 0.4) is 0 Å². The zero-order valence-electron chi connectivity index (χ0n) is 16.8. The van der Waals surface area contributed by atoms with Gasteiger partial charge in [0.25, 0.3) is 5.91 Å². The van der Waals surface area contributed by atoms with E-state index in [0.717, 1.165) is 12.8 Å². The summed E-state index contributed by atoms with van der Waals surface area (Å²) in [5.41, 5.74) is 1.65. The monoisotopic (exact) mass is 426 g/mol. The molecule has 1 aliphatic rings. The lowest BCUT2D eigenvalue weighted by Crippen LogP contribution is -2.28. The van der Waals surface area contributed by atoms with Crippen molar-refractivity contribution in [1.29, 1.82) is 0 Å². The van der Waals surface area contributed by atoms with Crippen molar-refractivity contribution in [3.8, 4) is 0 Å². The highest BCUT2D eigenvalue weighted by molar-refractivity contribution is 7.89. The number of aryl methyl sites for hydroxylation is 1. The second kappa shape index (κ2) is 7.70. The number of aromatic nitrogens is 1. The summed E-state index contributed by atoms with van der Waals surface area (Å²) in [7, 11) is -2.38. The van der Waals surface area contributed by atoms with E-state index in [-0.39, 0.29) is 16.0 Å². The number of hydrogen-bond acceptors (Lipinski definition) is 5. The molecular weight excluding hydrogens is 404 g/mol. The molecule has 0 saturated carbocycles. The molecule has 7 nitrogen and oxygen atoms in total. The van der Waals surface area contributed by atoms with Crippen LogP contribution in [0.4, 0.5) is 0 Å². The quantitative estimate of drug-likeness (QED) is 0.598. The molecule has 0 bridgehead atoms. The summed E-state index contributed by atoms with van der Waals surface area (Å²) >= 11 is 0. The topological polar surface area (TPSA) is 85.7 Å². The number of esters is 1. The Labute approximate surface area is 174 Å². The first-order valence-corrected chi connectivity index (χ1v) is 11.1. The fourth-order valence-corrected chi connectivity index (χ4v) is 5.61. The van der Waals surface area contributed by atoms with Gasteiger partial charge in [-0.25, -0.2) is 13.2 Å². The number of methoxy groups -OCH3 is 1. The highest BCUT2D eigenvalue weighted by atomic mass is 32.2. The second-order valence-corrected chi connectivity index (χ2v) is 9.22. The molecule has 30 heavy (non-hydrogen) atoms. The number of rotatable bonds is 4. The van der Waals surface area contributed by atoms with Crippen LogP contribution in [-0.2, 0) is 14.8 Å². The maximum Gasteiger partial charge on any atom is 0.340 e. The van der Waals surface area contributed by atoms with Crippen LogP contribution in [0.5, 0.6) is 0 Å². The van der Waals surface area contributed by atoms with Gasteiger partial charge in [-0.1, -0.05) is 24.3 Å². The molecule has 8 heteroatoms. The number of fused-ring (bicyclic) bond motifs is 1. The van der Waals surface area contributed by atoms with Crippen LogP contribution in [-0.4, -0.2) is 49.4 Å². The van der Waals surface area contributed by atoms with Gasteiger partial charge in [-0.2, -0.15) is 4.31 Å². The Kier molecular flexibility index (Phi) is 5.21. The van der Waals surface area contributed by atoms with Crippen molar-refractivity contribution in [2.24, 2.45) is 0 Å². The predicted octanol–water partition coefficient (Wildman–Crippen LogP) is 3.21. The van der Waals surface area contributed by atoms with Gasteiger partial charge in [0, 0.05) is 30.2 Å². The number of sulfonamides is 1. The van der Waals surface area contributed by atoms with Crippen molar-refractivity contribution in [1.82, 2.24) is 8.87 Å². The van der Waals surface area contributed by atoms with Gasteiger partial charge < -0.3 is 4.74 Å². The molecule has 1 aliphatic heterocycles. The second-order valence-electron chi connectivity index (χ2n) is 7.32. The molecule has 0 spiro atoms. The van der Waals surface area contributed by atoms with Gasteiger partial charge >= 0.3 is 5.97 Å². The Morgan fingerprint density at radius 2 is 1.73 bits per heavy atom. The number of carbonyl (C=O) groups is 2. The first kappa shape index (κ1) is 20.3. The number of para-hydroxylation sites is 1. The Morgan fingerprint density at radius 3 is 2.43 bits per heavy atom. The molecule has 0 unspecified atom stereocenters. The molecule has 0 atom stereocenters. The Morgan fingerprint density at radius 1 is 1.03 bits per heavy atom. The maximum atomic E-state index is 13.3. The molecular formula is C22H22N2O5S. The summed E-state index contributed by atoms with van der Waals surface area (Å²) in [5, 5.41) is 0.592. The van der Waals surface area contributed by atoms with E-state index < -0.39 is 21.9 Å². The maximum absolute atomic E-state index is 13.3. The molecule has 3 aromatic rings. The van der Waals surface area contributed by atoms with Crippen LogP contribution in [0.2, 0.25) is 0 Å². The van der Waals surface area contributed by atoms with Crippen molar-refractivity contribution in [2.45, 2.75) is 24.7 Å². The van der Waals surface area contributed by atoms with Crippen LogP contribution < -0.4 is 0 Å². The highest BCUT2D eigenvalue weighted by Gasteiger charge is 2.29. The van der Waals surface area contributed by atoms with Gasteiger partial charge in [-0.15, -0.1) is 0 Å². The summed E-state index contributed by atoms with van der Waals surface area (Å²) in [5.74, 6) is -0.960. The van der Waals surface area contributed by atoms with E-state index in [0.29, 0.717) is 29.6 Å². The Hall–Kier alpha value is -2.97. The van der Waals surface area contributed by atoms with Crippen LogP contribution >= 0.6 is 0 Å². The van der Waals surface area contributed by atoms with Crippen molar-refractivity contribution in [3.05, 3.63) is 65.4 Å². The fourth-order valence-electron chi connectivity index (χ4n) is 3.84. The minimum Gasteiger partial charge on any atom is -0.465 e. The normalized spacial score (nSPS) is 14.9. The molecule has 2 heterocycles. The molecule has 0 amide bonds. The molecule has 0 aliphatic carbocycles. The molecule has 156 valence electrons. The van der Waals surface area contributed by atoms with E-state index in [4.69, 9.17) is 4.74 Å². The highest BCUT2D eigenvalue weighted by Crippen LogP contribution is 2.27.